The first kappa shape index (κ1) is 23.7. The van der Waals surface area contributed by atoms with Crippen LogP contribution in [0, 0.1) is 0 Å². The molecular weight excluding hydrogens is 455 g/mol. The van der Waals surface area contributed by atoms with Crippen molar-refractivity contribution in [1.82, 2.24) is 15.1 Å². The highest BCUT2D eigenvalue weighted by Gasteiger charge is 2.19. The van der Waals surface area contributed by atoms with Gasteiger partial charge in [0, 0.05) is 52.2 Å². The molecule has 1 N–H and O–H groups in total. The van der Waals surface area contributed by atoms with Gasteiger partial charge in [0.05, 0.1) is 7.11 Å². The number of carbonyl (C=O) groups excluding carboxylic acids is 1. The molecule has 0 unspecified atom stereocenters. The van der Waals surface area contributed by atoms with Crippen molar-refractivity contribution in [3.8, 4) is 0 Å². The van der Waals surface area contributed by atoms with Gasteiger partial charge in [-0.05, 0) is 25.3 Å². The average molecular weight is 488 g/mol. The smallest absolute Gasteiger partial charge is 0.305 e. The molecule has 0 saturated carbocycles. The van der Waals surface area contributed by atoms with Gasteiger partial charge >= 0.3 is 5.97 Å². The number of piperazine rings is 1. The van der Waals surface area contributed by atoms with E-state index >= 15 is 0 Å². The third-order valence-electron chi connectivity index (χ3n) is 4.53. The van der Waals surface area contributed by atoms with E-state index in [1.807, 2.05) is 0 Å². The number of benzene rings is 1. The zero-order valence-corrected chi connectivity index (χ0v) is 18.9. The Bertz CT molecular complexity index is 560. The van der Waals surface area contributed by atoms with Gasteiger partial charge in [0.1, 0.15) is 0 Å². The second kappa shape index (κ2) is 13.8. The van der Waals surface area contributed by atoms with Gasteiger partial charge in [-0.25, -0.2) is 0 Å². The minimum Gasteiger partial charge on any atom is -0.469 e. The third-order valence-corrected chi connectivity index (χ3v) is 4.53. The van der Waals surface area contributed by atoms with Crippen molar-refractivity contribution in [2.75, 3.05) is 46.4 Å². The highest BCUT2D eigenvalue weighted by molar-refractivity contribution is 14.0. The number of nitrogens with one attached hydrogen (secondary N) is 1. The van der Waals surface area contributed by atoms with E-state index in [0.29, 0.717) is 6.42 Å². The van der Waals surface area contributed by atoms with E-state index in [1.54, 1.807) is 0 Å². The van der Waals surface area contributed by atoms with E-state index in [2.05, 4.69) is 57.1 Å². The number of carbonyl (C=O) groups is 1. The van der Waals surface area contributed by atoms with Gasteiger partial charge in [-0.1, -0.05) is 30.3 Å². The first-order valence-corrected chi connectivity index (χ1v) is 9.59. The number of hydrogen-bond donors (Lipinski definition) is 1. The predicted octanol–water partition coefficient (Wildman–Crippen LogP) is 2.73. The van der Waals surface area contributed by atoms with Crippen molar-refractivity contribution in [2.24, 2.45) is 4.99 Å². The van der Waals surface area contributed by atoms with Crippen molar-refractivity contribution in [3.63, 3.8) is 0 Å². The fourth-order valence-corrected chi connectivity index (χ4v) is 3.05. The number of methoxy groups -OCH3 is 1. The fraction of sp³-hybridized carbons (Fsp3) is 0.600. The van der Waals surface area contributed by atoms with Crippen LogP contribution in [0.5, 0.6) is 0 Å². The minimum absolute atomic E-state index is 0. The van der Waals surface area contributed by atoms with Crippen LogP contribution >= 0.6 is 24.0 Å². The molecular formula is C20H33IN4O2. The van der Waals surface area contributed by atoms with E-state index in [9.17, 15) is 4.79 Å². The maximum Gasteiger partial charge on any atom is 0.305 e. The lowest BCUT2D eigenvalue weighted by Gasteiger charge is -2.36. The van der Waals surface area contributed by atoms with E-state index in [0.717, 1.165) is 64.6 Å². The maximum atomic E-state index is 11.1. The Morgan fingerprint density at radius 2 is 1.85 bits per heavy atom. The number of guanidine groups is 1. The van der Waals surface area contributed by atoms with Gasteiger partial charge in [-0.2, -0.15) is 0 Å². The van der Waals surface area contributed by atoms with Crippen molar-refractivity contribution in [3.05, 3.63) is 35.9 Å². The Hall–Kier alpha value is -1.35. The largest absolute Gasteiger partial charge is 0.469 e. The summed E-state index contributed by atoms with van der Waals surface area (Å²) in [6.45, 7) is 8.77. The molecule has 0 amide bonds. The van der Waals surface area contributed by atoms with Crippen LogP contribution in [0.4, 0.5) is 0 Å². The van der Waals surface area contributed by atoms with Crippen molar-refractivity contribution in [2.45, 2.75) is 32.7 Å². The number of esters is 1. The van der Waals surface area contributed by atoms with Gasteiger partial charge in [0.2, 0.25) is 0 Å². The van der Waals surface area contributed by atoms with E-state index in [1.165, 1.54) is 12.7 Å². The summed E-state index contributed by atoms with van der Waals surface area (Å²) in [4.78, 5) is 20.7. The quantitative estimate of drug-likeness (QED) is 0.201. The van der Waals surface area contributed by atoms with E-state index in [4.69, 9.17) is 4.99 Å². The molecule has 0 radical (unpaired) electrons. The van der Waals surface area contributed by atoms with Crippen LogP contribution in [-0.2, 0) is 16.1 Å². The molecule has 1 fully saturated rings. The van der Waals surface area contributed by atoms with E-state index < -0.39 is 0 Å². The number of halogens is 1. The monoisotopic (exact) mass is 488 g/mol. The predicted molar refractivity (Wildman–Crippen MR) is 121 cm³/mol. The molecule has 1 aliphatic rings. The van der Waals surface area contributed by atoms with E-state index in [-0.39, 0.29) is 29.9 Å². The van der Waals surface area contributed by atoms with Crippen molar-refractivity contribution in [1.29, 1.82) is 0 Å². The zero-order valence-electron chi connectivity index (χ0n) is 16.5. The molecule has 1 aromatic rings. The number of ether oxygens (including phenoxy) is 1. The molecule has 1 saturated heterocycles. The number of aliphatic imine (C=N–C) groups is 1. The van der Waals surface area contributed by atoms with Crippen molar-refractivity contribution >= 4 is 35.9 Å². The lowest BCUT2D eigenvalue weighted by Crippen LogP contribution is -2.52. The summed E-state index contributed by atoms with van der Waals surface area (Å²) in [5.41, 5.74) is 1.37. The Labute approximate surface area is 180 Å². The lowest BCUT2D eigenvalue weighted by molar-refractivity contribution is -0.140. The molecule has 1 aliphatic heterocycles. The SMILES string of the molecule is CCNC(=NCCCCC(=O)OC)N1CCN(Cc2ccccc2)CC1.I. The molecule has 152 valence electrons. The molecule has 1 heterocycles. The van der Waals surface area contributed by atoms with Gasteiger partial charge in [-0.3, -0.25) is 14.7 Å². The minimum atomic E-state index is -0.143. The lowest BCUT2D eigenvalue weighted by atomic mass is 10.2. The fourth-order valence-electron chi connectivity index (χ4n) is 3.05. The number of nitrogens with zero attached hydrogens (tertiary/aromatic N) is 3. The summed E-state index contributed by atoms with van der Waals surface area (Å²) in [7, 11) is 1.43. The number of rotatable bonds is 8. The average Bonchev–Trinajstić information content (AvgIpc) is 2.68. The molecule has 0 spiro atoms. The summed E-state index contributed by atoms with van der Waals surface area (Å²) in [5, 5.41) is 3.39. The summed E-state index contributed by atoms with van der Waals surface area (Å²) < 4.78 is 4.66. The molecule has 0 atom stereocenters. The Morgan fingerprint density at radius 3 is 2.48 bits per heavy atom. The third kappa shape index (κ3) is 8.92. The molecule has 27 heavy (non-hydrogen) atoms. The molecule has 6 nitrogen and oxygen atoms in total. The second-order valence-corrected chi connectivity index (χ2v) is 6.52. The highest BCUT2D eigenvalue weighted by Crippen LogP contribution is 2.09. The molecule has 7 heteroatoms. The Morgan fingerprint density at radius 1 is 1.15 bits per heavy atom. The van der Waals surface area contributed by atoms with Gasteiger partial charge in [0.25, 0.3) is 0 Å². The maximum absolute atomic E-state index is 11.1. The van der Waals surface area contributed by atoms with Crippen molar-refractivity contribution < 1.29 is 9.53 Å². The van der Waals surface area contributed by atoms with Gasteiger partial charge in [0.15, 0.2) is 5.96 Å². The summed E-state index contributed by atoms with van der Waals surface area (Å²) in [6, 6.07) is 10.6. The van der Waals surface area contributed by atoms with Crippen LogP contribution in [0.15, 0.2) is 35.3 Å². The summed E-state index contributed by atoms with van der Waals surface area (Å²) >= 11 is 0. The number of unbranched alkanes of at least 4 members (excludes halogenated alkanes) is 1. The first-order chi connectivity index (χ1) is 12.7. The van der Waals surface area contributed by atoms with Crippen LogP contribution in [-0.4, -0.2) is 68.1 Å². The van der Waals surface area contributed by atoms with Crippen LogP contribution < -0.4 is 5.32 Å². The molecule has 2 rings (SSSR count). The Balaban J connectivity index is 0.00000364. The topological polar surface area (TPSA) is 57.2 Å². The molecule has 0 aromatic heterocycles. The van der Waals surface area contributed by atoms with Crippen LogP contribution in [0.3, 0.4) is 0 Å². The second-order valence-electron chi connectivity index (χ2n) is 6.52. The number of hydrogen-bond acceptors (Lipinski definition) is 4. The van der Waals surface area contributed by atoms with Gasteiger partial charge < -0.3 is 15.0 Å². The van der Waals surface area contributed by atoms with Crippen LogP contribution in [0.2, 0.25) is 0 Å². The molecule has 1 aromatic carbocycles. The van der Waals surface area contributed by atoms with Crippen LogP contribution in [0.25, 0.3) is 0 Å². The van der Waals surface area contributed by atoms with Crippen LogP contribution in [0.1, 0.15) is 31.7 Å². The Kier molecular flexibility index (Phi) is 12.1. The highest BCUT2D eigenvalue weighted by atomic mass is 127. The zero-order chi connectivity index (χ0) is 18.6. The normalized spacial score (nSPS) is 15.2. The standard InChI is InChI=1S/C20H32N4O2.HI/c1-3-21-20(22-12-8-7-11-19(25)26-2)24-15-13-23(14-16-24)17-18-9-5-4-6-10-18;/h4-6,9-10H,3,7-8,11-17H2,1-2H3,(H,21,22);1H. The summed E-state index contributed by atoms with van der Waals surface area (Å²) in [5.74, 6) is 0.848. The molecule has 0 aliphatic carbocycles. The first-order valence-electron chi connectivity index (χ1n) is 9.59. The van der Waals surface area contributed by atoms with Gasteiger partial charge in [-0.15, -0.1) is 24.0 Å². The summed E-state index contributed by atoms with van der Waals surface area (Å²) in [6.07, 6.45) is 2.19. The molecule has 0 bridgehead atoms.